The highest BCUT2D eigenvalue weighted by Crippen LogP contribution is 2.42. The summed E-state index contributed by atoms with van der Waals surface area (Å²) in [5.41, 5.74) is 2.55. The van der Waals surface area contributed by atoms with Crippen LogP contribution in [0.25, 0.3) is 0 Å². The zero-order chi connectivity index (χ0) is 17.4. The molecule has 1 aliphatic rings. The molecule has 3 N–H and O–H groups in total. The smallest absolute Gasteiger partial charge is 0.221 e. The van der Waals surface area contributed by atoms with Crippen LogP contribution in [0.2, 0.25) is 0 Å². The van der Waals surface area contributed by atoms with Crippen LogP contribution < -0.4 is 16.0 Å². The second-order valence-corrected chi connectivity index (χ2v) is 6.69. The first kappa shape index (κ1) is 18.3. The predicted octanol–water partition coefficient (Wildman–Crippen LogP) is 2.93. The van der Waals surface area contributed by atoms with Crippen LogP contribution in [0.15, 0.2) is 29.3 Å². The molecule has 1 aliphatic carbocycles. The minimum absolute atomic E-state index is 0.0457. The molecule has 0 spiro atoms. The van der Waals surface area contributed by atoms with Gasteiger partial charge in [-0.1, -0.05) is 25.5 Å². The lowest BCUT2D eigenvalue weighted by Crippen LogP contribution is -2.46. The summed E-state index contributed by atoms with van der Waals surface area (Å²) in [6.45, 7) is 5.64. The van der Waals surface area contributed by atoms with Gasteiger partial charge in [0.1, 0.15) is 0 Å². The van der Waals surface area contributed by atoms with Crippen molar-refractivity contribution in [2.24, 2.45) is 10.4 Å². The number of rotatable bonds is 7. The fourth-order valence-corrected chi connectivity index (χ4v) is 3.11. The Bertz CT molecular complexity index is 556. The van der Waals surface area contributed by atoms with E-state index in [1.807, 2.05) is 31.3 Å². The van der Waals surface area contributed by atoms with Crippen molar-refractivity contribution in [2.75, 3.05) is 25.5 Å². The quantitative estimate of drug-likeness (QED) is 0.532. The van der Waals surface area contributed by atoms with E-state index in [0.29, 0.717) is 5.41 Å². The Morgan fingerprint density at radius 3 is 2.42 bits per heavy atom. The van der Waals surface area contributed by atoms with E-state index in [1.165, 1.54) is 38.2 Å². The van der Waals surface area contributed by atoms with Gasteiger partial charge in [-0.25, -0.2) is 0 Å². The Kier molecular flexibility index (Phi) is 6.64. The van der Waals surface area contributed by atoms with Gasteiger partial charge in [0.05, 0.1) is 0 Å². The van der Waals surface area contributed by atoms with E-state index in [1.54, 1.807) is 0 Å². The number of anilines is 1. The van der Waals surface area contributed by atoms with Crippen molar-refractivity contribution < 1.29 is 4.79 Å². The van der Waals surface area contributed by atoms with Gasteiger partial charge < -0.3 is 16.0 Å². The number of aliphatic imine (C=N–C) groups is 1. The van der Waals surface area contributed by atoms with E-state index in [-0.39, 0.29) is 5.91 Å². The zero-order valence-electron chi connectivity index (χ0n) is 15.1. The Morgan fingerprint density at radius 1 is 1.21 bits per heavy atom. The first-order valence-corrected chi connectivity index (χ1v) is 8.88. The molecule has 0 unspecified atom stereocenters. The van der Waals surface area contributed by atoms with Crippen molar-refractivity contribution in [1.82, 2.24) is 10.6 Å². The third-order valence-corrected chi connectivity index (χ3v) is 5.00. The molecular formula is C19H30N4O. The monoisotopic (exact) mass is 330 g/mol. The van der Waals surface area contributed by atoms with Crippen molar-refractivity contribution in [3.05, 3.63) is 29.8 Å². The number of hydrogen-bond donors (Lipinski definition) is 3. The fraction of sp³-hybridized carbons (Fsp3) is 0.579. The molecule has 1 fully saturated rings. The minimum Gasteiger partial charge on any atom is -0.356 e. The van der Waals surface area contributed by atoms with Crippen molar-refractivity contribution in [3.63, 3.8) is 0 Å². The van der Waals surface area contributed by atoms with E-state index in [2.05, 4.69) is 27.9 Å². The summed E-state index contributed by atoms with van der Waals surface area (Å²) in [6, 6.07) is 7.96. The largest absolute Gasteiger partial charge is 0.356 e. The number of guanidine groups is 1. The van der Waals surface area contributed by atoms with Crippen LogP contribution in [0.1, 0.15) is 45.1 Å². The average Bonchev–Trinajstić information content (AvgIpc) is 2.53. The van der Waals surface area contributed by atoms with Gasteiger partial charge in [-0.3, -0.25) is 9.79 Å². The second-order valence-electron chi connectivity index (χ2n) is 6.69. The summed E-state index contributed by atoms with van der Waals surface area (Å²) in [6.07, 6.45) is 6.16. The normalized spacial score (nSPS) is 16.2. The number of hydrogen-bond acceptors (Lipinski definition) is 2. The molecule has 1 amide bonds. The second kappa shape index (κ2) is 8.71. The molecule has 0 aromatic heterocycles. The molecule has 1 aromatic rings. The van der Waals surface area contributed by atoms with Crippen LogP contribution >= 0.6 is 0 Å². The van der Waals surface area contributed by atoms with Gasteiger partial charge in [0.2, 0.25) is 5.91 Å². The summed E-state index contributed by atoms with van der Waals surface area (Å²) < 4.78 is 0. The first-order valence-electron chi connectivity index (χ1n) is 8.88. The predicted molar refractivity (Wildman–Crippen MR) is 100 cm³/mol. The van der Waals surface area contributed by atoms with E-state index in [9.17, 15) is 4.79 Å². The van der Waals surface area contributed by atoms with Gasteiger partial charge in [0.25, 0.3) is 0 Å². The van der Waals surface area contributed by atoms with Gasteiger partial charge in [-0.15, -0.1) is 0 Å². The van der Waals surface area contributed by atoms with Crippen LogP contribution in [-0.2, 0) is 11.2 Å². The molecule has 1 saturated carbocycles. The standard InChI is InChI=1S/C19H30N4O/c1-4-19(11-5-12-19)14-22-18(20-3)21-13-10-16-6-8-17(9-7-16)23-15(2)24/h6-9H,4-5,10-14H2,1-3H3,(H,23,24)(H2,20,21,22). The molecule has 0 saturated heterocycles. The number of nitrogens with one attached hydrogen (secondary N) is 3. The van der Waals surface area contributed by atoms with Crippen LogP contribution in [0.5, 0.6) is 0 Å². The van der Waals surface area contributed by atoms with E-state index < -0.39 is 0 Å². The molecule has 2 rings (SSSR count). The van der Waals surface area contributed by atoms with Crippen LogP contribution in [0, 0.1) is 5.41 Å². The summed E-state index contributed by atoms with van der Waals surface area (Å²) in [7, 11) is 1.82. The topological polar surface area (TPSA) is 65.5 Å². The van der Waals surface area contributed by atoms with Crippen LogP contribution in [0.4, 0.5) is 5.69 Å². The van der Waals surface area contributed by atoms with Crippen molar-refractivity contribution in [3.8, 4) is 0 Å². The lowest BCUT2D eigenvalue weighted by atomic mass is 9.67. The number of carbonyl (C=O) groups excluding carboxylic acids is 1. The first-order chi connectivity index (χ1) is 11.6. The lowest BCUT2D eigenvalue weighted by molar-refractivity contribution is -0.114. The molecule has 0 bridgehead atoms. The highest BCUT2D eigenvalue weighted by molar-refractivity contribution is 5.88. The maximum atomic E-state index is 11.0. The molecule has 0 aliphatic heterocycles. The zero-order valence-corrected chi connectivity index (χ0v) is 15.1. The number of carbonyl (C=O) groups is 1. The molecule has 132 valence electrons. The SMILES string of the molecule is CCC1(CNC(=NC)NCCc2ccc(NC(C)=O)cc2)CCC1. The van der Waals surface area contributed by atoms with E-state index in [0.717, 1.165) is 31.2 Å². The third-order valence-electron chi connectivity index (χ3n) is 5.00. The minimum atomic E-state index is -0.0457. The molecule has 0 atom stereocenters. The maximum Gasteiger partial charge on any atom is 0.221 e. The summed E-state index contributed by atoms with van der Waals surface area (Å²) >= 11 is 0. The summed E-state index contributed by atoms with van der Waals surface area (Å²) in [5.74, 6) is 0.834. The number of amides is 1. The Labute approximate surface area is 145 Å². The molecular weight excluding hydrogens is 300 g/mol. The van der Waals surface area contributed by atoms with Crippen molar-refractivity contribution in [1.29, 1.82) is 0 Å². The number of nitrogens with zero attached hydrogens (tertiary/aromatic N) is 1. The lowest BCUT2D eigenvalue weighted by Gasteiger charge is -2.41. The van der Waals surface area contributed by atoms with Crippen molar-refractivity contribution in [2.45, 2.75) is 46.0 Å². The van der Waals surface area contributed by atoms with Gasteiger partial charge in [-0.2, -0.15) is 0 Å². The molecule has 1 aromatic carbocycles. The molecule has 24 heavy (non-hydrogen) atoms. The number of benzene rings is 1. The van der Waals surface area contributed by atoms with Gasteiger partial charge >= 0.3 is 0 Å². The van der Waals surface area contributed by atoms with E-state index in [4.69, 9.17) is 0 Å². The van der Waals surface area contributed by atoms with Gasteiger partial charge in [-0.05, 0) is 48.8 Å². The van der Waals surface area contributed by atoms with Gasteiger partial charge in [0.15, 0.2) is 5.96 Å². The van der Waals surface area contributed by atoms with Gasteiger partial charge in [0, 0.05) is 32.7 Å². The maximum absolute atomic E-state index is 11.0. The molecule has 5 nitrogen and oxygen atoms in total. The molecule has 0 radical (unpaired) electrons. The average molecular weight is 330 g/mol. The third kappa shape index (κ3) is 5.25. The fourth-order valence-electron chi connectivity index (χ4n) is 3.11. The van der Waals surface area contributed by atoms with E-state index >= 15 is 0 Å². The van der Waals surface area contributed by atoms with Crippen LogP contribution in [0.3, 0.4) is 0 Å². The summed E-state index contributed by atoms with van der Waals surface area (Å²) in [5, 5.41) is 9.63. The highest BCUT2D eigenvalue weighted by Gasteiger charge is 2.34. The molecule has 0 heterocycles. The van der Waals surface area contributed by atoms with Crippen LogP contribution in [-0.4, -0.2) is 32.0 Å². The Morgan fingerprint density at radius 2 is 1.92 bits per heavy atom. The summed E-state index contributed by atoms with van der Waals surface area (Å²) in [4.78, 5) is 15.3. The molecule has 5 heteroatoms. The Hall–Kier alpha value is -2.04. The van der Waals surface area contributed by atoms with Crippen molar-refractivity contribution >= 4 is 17.6 Å². The highest BCUT2D eigenvalue weighted by atomic mass is 16.1. The Balaban J connectivity index is 1.72.